The molecule has 7 heteroatoms. The van der Waals surface area contributed by atoms with Crippen LogP contribution >= 0.6 is 11.3 Å². The molecule has 3 N–H and O–H groups in total. The van der Waals surface area contributed by atoms with E-state index in [0.29, 0.717) is 24.5 Å². The zero-order valence-electron chi connectivity index (χ0n) is 11.7. The van der Waals surface area contributed by atoms with Gasteiger partial charge in [0.1, 0.15) is 16.4 Å². The Balaban J connectivity index is 1.81. The van der Waals surface area contributed by atoms with Crippen molar-refractivity contribution >= 4 is 17.2 Å². The lowest BCUT2D eigenvalue weighted by molar-refractivity contribution is 0.0957. The standard InChI is InChI=1S/C14H17N3O3S/c1-2-19-10-3-5-11(6-4-10)20-8-7-13-16-9-12(21-13)14(18)17-15/h3-6,9H,2,7-8,15H2,1H3,(H,17,18). The molecule has 0 aliphatic carbocycles. The summed E-state index contributed by atoms with van der Waals surface area (Å²) in [4.78, 5) is 15.9. The Labute approximate surface area is 126 Å². The molecule has 0 fully saturated rings. The molecule has 112 valence electrons. The summed E-state index contributed by atoms with van der Waals surface area (Å²) in [6, 6.07) is 7.46. The van der Waals surface area contributed by atoms with E-state index in [1.165, 1.54) is 17.5 Å². The zero-order valence-corrected chi connectivity index (χ0v) is 12.5. The second-order valence-corrected chi connectivity index (χ2v) is 5.21. The van der Waals surface area contributed by atoms with Crippen molar-refractivity contribution in [3.63, 3.8) is 0 Å². The monoisotopic (exact) mass is 307 g/mol. The van der Waals surface area contributed by atoms with Gasteiger partial charge in [0.05, 0.1) is 24.4 Å². The van der Waals surface area contributed by atoms with Crippen LogP contribution in [0.4, 0.5) is 0 Å². The van der Waals surface area contributed by atoms with Crippen LogP contribution in [0.25, 0.3) is 0 Å². The predicted molar refractivity (Wildman–Crippen MR) is 80.6 cm³/mol. The van der Waals surface area contributed by atoms with Gasteiger partial charge >= 0.3 is 0 Å². The highest BCUT2D eigenvalue weighted by Crippen LogP contribution is 2.18. The number of rotatable bonds is 7. The molecule has 0 aliphatic heterocycles. The van der Waals surface area contributed by atoms with Crippen LogP contribution in [0.1, 0.15) is 21.6 Å². The van der Waals surface area contributed by atoms with Crippen molar-refractivity contribution in [3.8, 4) is 11.5 Å². The highest BCUT2D eigenvalue weighted by molar-refractivity contribution is 7.13. The van der Waals surface area contributed by atoms with Gasteiger partial charge in [-0.15, -0.1) is 11.3 Å². The zero-order chi connectivity index (χ0) is 15.1. The molecule has 0 saturated heterocycles. The summed E-state index contributed by atoms with van der Waals surface area (Å²) in [5, 5.41) is 0.833. The summed E-state index contributed by atoms with van der Waals surface area (Å²) in [5.41, 5.74) is 2.08. The number of ether oxygens (including phenoxy) is 2. The average Bonchev–Trinajstić information content (AvgIpc) is 2.97. The molecule has 6 nitrogen and oxygen atoms in total. The van der Waals surface area contributed by atoms with Gasteiger partial charge in [-0.3, -0.25) is 10.2 Å². The highest BCUT2D eigenvalue weighted by atomic mass is 32.1. The Kier molecular flexibility index (Phi) is 5.53. The van der Waals surface area contributed by atoms with E-state index < -0.39 is 0 Å². The van der Waals surface area contributed by atoms with E-state index in [2.05, 4.69) is 10.4 Å². The third-order valence-electron chi connectivity index (χ3n) is 2.63. The first-order chi connectivity index (χ1) is 10.2. The predicted octanol–water partition coefficient (Wildman–Crippen LogP) is 1.77. The van der Waals surface area contributed by atoms with Gasteiger partial charge in [0, 0.05) is 6.42 Å². The smallest absolute Gasteiger partial charge is 0.276 e. The topological polar surface area (TPSA) is 86.5 Å². The number of thiazole rings is 1. The van der Waals surface area contributed by atoms with E-state index in [0.717, 1.165) is 16.5 Å². The average molecular weight is 307 g/mol. The number of amides is 1. The Morgan fingerprint density at radius 2 is 1.95 bits per heavy atom. The molecular weight excluding hydrogens is 290 g/mol. The molecule has 0 aliphatic rings. The van der Waals surface area contributed by atoms with Gasteiger partial charge in [0.25, 0.3) is 5.91 Å². The third-order valence-corrected chi connectivity index (χ3v) is 3.68. The molecule has 0 radical (unpaired) electrons. The number of benzene rings is 1. The Hall–Kier alpha value is -2.12. The summed E-state index contributed by atoms with van der Waals surface area (Å²) in [6.07, 6.45) is 2.15. The fraction of sp³-hybridized carbons (Fsp3) is 0.286. The number of hydrogen-bond acceptors (Lipinski definition) is 6. The minimum atomic E-state index is -0.328. The van der Waals surface area contributed by atoms with Crippen LogP contribution in [0.5, 0.6) is 11.5 Å². The molecule has 1 aromatic heterocycles. The number of nitrogens with one attached hydrogen (secondary N) is 1. The molecule has 2 rings (SSSR count). The first-order valence-corrected chi connectivity index (χ1v) is 7.36. The van der Waals surface area contributed by atoms with E-state index >= 15 is 0 Å². The van der Waals surface area contributed by atoms with Crippen LogP contribution in [0.2, 0.25) is 0 Å². The number of nitrogen functional groups attached to an aromatic ring is 1. The summed E-state index contributed by atoms with van der Waals surface area (Å²) in [7, 11) is 0. The van der Waals surface area contributed by atoms with Gasteiger partial charge in [0.2, 0.25) is 0 Å². The fourth-order valence-electron chi connectivity index (χ4n) is 1.66. The molecule has 1 heterocycles. The van der Waals surface area contributed by atoms with Crippen LogP contribution in [-0.4, -0.2) is 24.1 Å². The van der Waals surface area contributed by atoms with E-state index in [1.807, 2.05) is 31.2 Å². The van der Waals surface area contributed by atoms with Crippen molar-refractivity contribution in [3.05, 3.63) is 40.3 Å². The lowest BCUT2D eigenvalue weighted by atomic mass is 10.3. The van der Waals surface area contributed by atoms with Crippen molar-refractivity contribution < 1.29 is 14.3 Å². The fourth-order valence-corrected chi connectivity index (χ4v) is 2.46. The molecule has 21 heavy (non-hydrogen) atoms. The number of hydrogen-bond donors (Lipinski definition) is 2. The Bertz CT molecular complexity index is 583. The maximum atomic E-state index is 11.3. The van der Waals surface area contributed by atoms with Gasteiger partial charge in [-0.25, -0.2) is 10.8 Å². The quantitative estimate of drug-likeness (QED) is 0.462. The first kappa shape index (κ1) is 15.3. The molecular formula is C14H17N3O3S. The summed E-state index contributed by atoms with van der Waals surface area (Å²) in [6.45, 7) is 3.08. The molecule has 0 spiro atoms. The normalized spacial score (nSPS) is 10.2. The minimum Gasteiger partial charge on any atom is -0.494 e. The van der Waals surface area contributed by atoms with E-state index in [4.69, 9.17) is 15.3 Å². The lowest BCUT2D eigenvalue weighted by Gasteiger charge is -2.06. The molecule has 0 saturated carbocycles. The van der Waals surface area contributed by atoms with E-state index in [1.54, 1.807) is 0 Å². The summed E-state index contributed by atoms with van der Waals surface area (Å²) >= 11 is 1.31. The van der Waals surface area contributed by atoms with Crippen molar-refractivity contribution in [2.24, 2.45) is 5.84 Å². The minimum absolute atomic E-state index is 0.328. The maximum absolute atomic E-state index is 11.3. The van der Waals surface area contributed by atoms with Crippen LogP contribution in [0.15, 0.2) is 30.5 Å². The molecule has 0 atom stereocenters. The van der Waals surface area contributed by atoms with Gasteiger partial charge < -0.3 is 9.47 Å². The van der Waals surface area contributed by atoms with Crippen molar-refractivity contribution in [2.75, 3.05) is 13.2 Å². The molecule has 1 aromatic carbocycles. The van der Waals surface area contributed by atoms with Gasteiger partial charge in [-0.2, -0.15) is 0 Å². The number of hydrazine groups is 1. The Morgan fingerprint density at radius 3 is 2.57 bits per heavy atom. The molecule has 2 aromatic rings. The van der Waals surface area contributed by atoms with Crippen molar-refractivity contribution in [2.45, 2.75) is 13.3 Å². The second kappa shape index (κ2) is 7.61. The maximum Gasteiger partial charge on any atom is 0.276 e. The SMILES string of the molecule is CCOc1ccc(OCCc2ncc(C(=O)NN)s2)cc1. The first-order valence-electron chi connectivity index (χ1n) is 6.54. The van der Waals surface area contributed by atoms with Crippen molar-refractivity contribution in [1.82, 2.24) is 10.4 Å². The number of carbonyl (C=O) groups is 1. The number of nitrogens with zero attached hydrogens (tertiary/aromatic N) is 1. The summed E-state index contributed by atoms with van der Waals surface area (Å²) in [5.74, 6) is 6.33. The van der Waals surface area contributed by atoms with Crippen LogP contribution < -0.4 is 20.7 Å². The lowest BCUT2D eigenvalue weighted by Crippen LogP contribution is -2.29. The van der Waals surface area contributed by atoms with E-state index in [-0.39, 0.29) is 5.91 Å². The van der Waals surface area contributed by atoms with Gasteiger partial charge in [-0.05, 0) is 31.2 Å². The van der Waals surface area contributed by atoms with E-state index in [9.17, 15) is 4.79 Å². The van der Waals surface area contributed by atoms with Crippen LogP contribution in [-0.2, 0) is 6.42 Å². The number of aromatic nitrogens is 1. The second-order valence-electron chi connectivity index (χ2n) is 4.09. The molecule has 1 amide bonds. The largest absolute Gasteiger partial charge is 0.494 e. The van der Waals surface area contributed by atoms with Crippen LogP contribution in [0.3, 0.4) is 0 Å². The number of carbonyl (C=O) groups excluding carboxylic acids is 1. The third kappa shape index (κ3) is 4.44. The van der Waals surface area contributed by atoms with Crippen molar-refractivity contribution in [1.29, 1.82) is 0 Å². The van der Waals surface area contributed by atoms with Crippen LogP contribution in [0, 0.1) is 0 Å². The van der Waals surface area contributed by atoms with Gasteiger partial charge in [0.15, 0.2) is 0 Å². The molecule has 0 bridgehead atoms. The number of nitrogens with two attached hydrogens (primary N) is 1. The van der Waals surface area contributed by atoms with Gasteiger partial charge in [-0.1, -0.05) is 0 Å². The molecule has 0 unspecified atom stereocenters. The Morgan fingerprint density at radius 1 is 1.29 bits per heavy atom. The highest BCUT2D eigenvalue weighted by Gasteiger charge is 2.08. The summed E-state index contributed by atoms with van der Waals surface area (Å²) < 4.78 is 11.0.